The predicted octanol–water partition coefficient (Wildman–Crippen LogP) is 5.39. The molecule has 0 N–H and O–H groups in total. The fraction of sp³-hybridized carbons (Fsp3) is 0.280. The topological polar surface area (TPSA) is 27.7 Å². The average molecular weight is 376 g/mol. The largest absolute Gasteiger partial charge is 0.361 e. The SMILES string of the molecule is COC(CCCOC(c1ccccc1)(c1ccccc1)c1ccccc1)OC. The van der Waals surface area contributed by atoms with Crippen molar-refractivity contribution in [1.29, 1.82) is 0 Å². The summed E-state index contributed by atoms with van der Waals surface area (Å²) in [4.78, 5) is 0. The summed E-state index contributed by atoms with van der Waals surface area (Å²) >= 11 is 0. The molecule has 146 valence electrons. The molecule has 0 aliphatic rings. The number of rotatable bonds is 10. The molecule has 0 aliphatic heterocycles. The first-order chi connectivity index (χ1) is 13.8. The van der Waals surface area contributed by atoms with E-state index in [2.05, 4.69) is 72.8 Å². The highest BCUT2D eigenvalue weighted by Crippen LogP contribution is 2.40. The van der Waals surface area contributed by atoms with Gasteiger partial charge in [0.25, 0.3) is 0 Å². The van der Waals surface area contributed by atoms with Crippen molar-refractivity contribution >= 4 is 0 Å². The molecule has 0 saturated heterocycles. The molecule has 0 heterocycles. The van der Waals surface area contributed by atoms with Crippen molar-refractivity contribution in [1.82, 2.24) is 0 Å². The van der Waals surface area contributed by atoms with Gasteiger partial charge in [0.15, 0.2) is 6.29 Å². The lowest BCUT2D eigenvalue weighted by Crippen LogP contribution is -2.33. The smallest absolute Gasteiger partial charge is 0.156 e. The lowest BCUT2D eigenvalue weighted by atomic mass is 9.80. The number of benzene rings is 3. The standard InChI is InChI=1S/C25H28O3/c1-26-24(27-2)19-12-20-28-25(21-13-6-3-7-14-21,22-15-8-4-9-16-22)23-17-10-5-11-18-23/h3-11,13-18,24H,12,19-20H2,1-2H3. The number of ether oxygens (including phenoxy) is 3. The Labute approximate surface area is 167 Å². The molecule has 0 radical (unpaired) electrons. The van der Waals surface area contributed by atoms with Crippen LogP contribution >= 0.6 is 0 Å². The molecule has 3 aromatic rings. The molecular formula is C25H28O3. The molecule has 0 spiro atoms. The first kappa shape index (κ1) is 20.3. The Morgan fingerprint density at radius 1 is 0.643 bits per heavy atom. The molecule has 0 bridgehead atoms. The van der Waals surface area contributed by atoms with Crippen molar-refractivity contribution in [2.24, 2.45) is 0 Å². The van der Waals surface area contributed by atoms with Gasteiger partial charge in [-0.05, 0) is 23.1 Å². The third-order valence-electron chi connectivity index (χ3n) is 4.97. The van der Waals surface area contributed by atoms with Crippen molar-refractivity contribution in [2.45, 2.75) is 24.7 Å². The molecule has 0 saturated carbocycles. The van der Waals surface area contributed by atoms with Gasteiger partial charge >= 0.3 is 0 Å². The third-order valence-corrected chi connectivity index (χ3v) is 4.97. The van der Waals surface area contributed by atoms with E-state index in [1.807, 2.05) is 18.2 Å². The van der Waals surface area contributed by atoms with E-state index < -0.39 is 5.60 Å². The van der Waals surface area contributed by atoms with Gasteiger partial charge in [-0.2, -0.15) is 0 Å². The first-order valence-corrected chi connectivity index (χ1v) is 9.67. The summed E-state index contributed by atoms with van der Waals surface area (Å²) in [6, 6.07) is 31.3. The van der Waals surface area contributed by atoms with Crippen LogP contribution in [0.15, 0.2) is 91.0 Å². The fourth-order valence-electron chi connectivity index (χ4n) is 3.58. The zero-order valence-electron chi connectivity index (χ0n) is 16.6. The second-order valence-corrected chi connectivity index (χ2v) is 6.67. The normalized spacial score (nSPS) is 11.7. The molecule has 0 aromatic heterocycles. The highest BCUT2D eigenvalue weighted by Gasteiger charge is 2.37. The lowest BCUT2D eigenvalue weighted by molar-refractivity contribution is -0.111. The Hall–Kier alpha value is -2.46. The minimum Gasteiger partial charge on any atom is -0.361 e. The van der Waals surface area contributed by atoms with Gasteiger partial charge in [-0.25, -0.2) is 0 Å². The summed E-state index contributed by atoms with van der Waals surface area (Å²) < 4.78 is 17.3. The molecule has 0 unspecified atom stereocenters. The van der Waals surface area contributed by atoms with Crippen LogP contribution in [0.2, 0.25) is 0 Å². The Balaban J connectivity index is 1.99. The maximum Gasteiger partial charge on any atom is 0.156 e. The average Bonchev–Trinajstić information content (AvgIpc) is 2.78. The highest BCUT2D eigenvalue weighted by molar-refractivity contribution is 5.47. The third kappa shape index (κ3) is 4.50. The van der Waals surface area contributed by atoms with Crippen LogP contribution in [-0.2, 0) is 19.8 Å². The van der Waals surface area contributed by atoms with Gasteiger partial charge in [0.2, 0.25) is 0 Å². The maximum absolute atomic E-state index is 6.72. The van der Waals surface area contributed by atoms with Crippen LogP contribution < -0.4 is 0 Å². The predicted molar refractivity (Wildman–Crippen MR) is 112 cm³/mol. The molecule has 0 atom stereocenters. The summed E-state index contributed by atoms with van der Waals surface area (Å²) in [5, 5.41) is 0. The first-order valence-electron chi connectivity index (χ1n) is 9.67. The minimum atomic E-state index is -0.667. The molecule has 3 rings (SSSR count). The molecule has 3 nitrogen and oxygen atoms in total. The summed E-state index contributed by atoms with van der Waals surface area (Å²) in [5.41, 5.74) is 2.67. The van der Waals surface area contributed by atoms with Crippen LogP contribution in [-0.4, -0.2) is 27.1 Å². The second-order valence-electron chi connectivity index (χ2n) is 6.67. The minimum absolute atomic E-state index is 0.205. The van der Waals surface area contributed by atoms with Gasteiger partial charge < -0.3 is 14.2 Å². The van der Waals surface area contributed by atoms with Gasteiger partial charge in [0, 0.05) is 27.2 Å². The van der Waals surface area contributed by atoms with Gasteiger partial charge in [0.1, 0.15) is 5.60 Å². The summed E-state index contributed by atoms with van der Waals surface area (Å²) in [5.74, 6) is 0. The fourth-order valence-corrected chi connectivity index (χ4v) is 3.58. The van der Waals surface area contributed by atoms with Crippen LogP contribution in [0.25, 0.3) is 0 Å². The van der Waals surface area contributed by atoms with E-state index in [0.717, 1.165) is 29.5 Å². The van der Waals surface area contributed by atoms with Crippen molar-refractivity contribution in [3.8, 4) is 0 Å². The van der Waals surface area contributed by atoms with E-state index in [9.17, 15) is 0 Å². The van der Waals surface area contributed by atoms with Gasteiger partial charge in [-0.3, -0.25) is 0 Å². The van der Waals surface area contributed by atoms with E-state index in [-0.39, 0.29) is 6.29 Å². The zero-order chi connectivity index (χ0) is 19.7. The van der Waals surface area contributed by atoms with Gasteiger partial charge in [-0.1, -0.05) is 91.0 Å². The molecule has 0 fully saturated rings. The van der Waals surface area contributed by atoms with E-state index in [0.29, 0.717) is 6.61 Å². The Kier molecular flexibility index (Phi) is 7.38. The van der Waals surface area contributed by atoms with Crippen molar-refractivity contribution in [3.05, 3.63) is 108 Å². The van der Waals surface area contributed by atoms with Crippen LogP contribution in [0.3, 0.4) is 0 Å². The number of methoxy groups -OCH3 is 2. The van der Waals surface area contributed by atoms with E-state index in [1.165, 1.54) is 0 Å². The molecule has 3 aromatic carbocycles. The summed E-state index contributed by atoms with van der Waals surface area (Å²) in [6.07, 6.45) is 1.41. The summed E-state index contributed by atoms with van der Waals surface area (Å²) in [6.45, 7) is 0.585. The van der Waals surface area contributed by atoms with E-state index in [4.69, 9.17) is 14.2 Å². The van der Waals surface area contributed by atoms with Crippen LogP contribution in [0.1, 0.15) is 29.5 Å². The van der Waals surface area contributed by atoms with Gasteiger partial charge in [-0.15, -0.1) is 0 Å². The summed E-state index contributed by atoms with van der Waals surface area (Å²) in [7, 11) is 3.33. The highest BCUT2D eigenvalue weighted by atomic mass is 16.7. The Bertz CT molecular complexity index is 702. The zero-order valence-corrected chi connectivity index (χ0v) is 16.6. The Morgan fingerprint density at radius 3 is 1.39 bits per heavy atom. The second kappa shape index (κ2) is 10.2. The van der Waals surface area contributed by atoms with Crippen molar-refractivity contribution in [2.75, 3.05) is 20.8 Å². The van der Waals surface area contributed by atoms with E-state index >= 15 is 0 Å². The molecular weight excluding hydrogens is 348 g/mol. The molecule has 28 heavy (non-hydrogen) atoms. The Morgan fingerprint density at radius 2 is 1.04 bits per heavy atom. The maximum atomic E-state index is 6.72. The van der Waals surface area contributed by atoms with Crippen LogP contribution in [0, 0.1) is 0 Å². The molecule has 0 amide bonds. The van der Waals surface area contributed by atoms with Crippen LogP contribution in [0.4, 0.5) is 0 Å². The molecule has 0 aliphatic carbocycles. The van der Waals surface area contributed by atoms with Gasteiger partial charge in [0.05, 0.1) is 0 Å². The van der Waals surface area contributed by atoms with E-state index in [1.54, 1.807) is 14.2 Å². The number of hydrogen-bond donors (Lipinski definition) is 0. The number of hydrogen-bond acceptors (Lipinski definition) is 3. The van der Waals surface area contributed by atoms with Crippen molar-refractivity contribution in [3.63, 3.8) is 0 Å². The quantitative estimate of drug-likeness (QED) is 0.270. The lowest BCUT2D eigenvalue weighted by Gasteiger charge is -2.36. The molecule has 3 heteroatoms. The monoisotopic (exact) mass is 376 g/mol. The van der Waals surface area contributed by atoms with Crippen molar-refractivity contribution < 1.29 is 14.2 Å². The van der Waals surface area contributed by atoms with Crippen LogP contribution in [0.5, 0.6) is 0 Å².